The molecule has 24 heavy (non-hydrogen) atoms. The van der Waals surface area contributed by atoms with Gasteiger partial charge in [-0.15, -0.1) is 17.9 Å². The molecule has 3 rings (SSSR count). The Kier molecular flexibility index (Phi) is 5.77. The third-order valence-corrected chi connectivity index (χ3v) is 4.95. The van der Waals surface area contributed by atoms with Crippen molar-refractivity contribution in [2.24, 2.45) is 10.1 Å². The van der Waals surface area contributed by atoms with E-state index in [2.05, 4.69) is 53.5 Å². The molecule has 0 saturated carbocycles. The molecule has 2 aromatic rings. The van der Waals surface area contributed by atoms with Crippen LogP contribution >= 0.6 is 11.3 Å². The Morgan fingerprint density at radius 1 is 1.33 bits per heavy atom. The first-order valence-electron chi connectivity index (χ1n) is 8.45. The van der Waals surface area contributed by atoms with E-state index in [1.807, 2.05) is 17.0 Å². The maximum atomic E-state index is 4.75. The molecule has 0 bridgehead atoms. The van der Waals surface area contributed by atoms with Crippen LogP contribution in [0.5, 0.6) is 0 Å². The van der Waals surface area contributed by atoms with Gasteiger partial charge in [-0.3, -0.25) is 4.99 Å². The van der Waals surface area contributed by atoms with Crippen LogP contribution in [0.25, 0.3) is 11.3 Å². The van der Waals surface area contributed by atoms with E-state index in [4.69, 9.17) is 5.10 Å². The predicted molar refractivity (Wildman–Crippen MR) is 103 cm³/mol. The van der Waals surface area contributed by atoms with Crippen LogP contribution in [0.3, 0.4) is 0 Å². The average Bonchev–Trinajstić information content (AvgIpc) is 3.02. The summed E-state index contributed by atoms with van der Waals surface area (Å²) in [6.45, 7) is 7.53. The number of benzene rings is 1. The zero-order valence-electron chi connectivity index (χ0n) is 14.1. The molecule has 0 aliphatic carbocycles. The van der Waals surface area contributed by atoms with Crippen molar-refractivity contribution in [3.05, 3.63) is 52.7 Å². The van der Waals surface area contributed by atoms with E-state index in [1.54, 1.807) is 11.3 Å². The largest absolute Gasteiger partial charge is 0.309 e. The fraction of sp³-hybridized carbons (Fsp3) is 0.368. The SMILES string of the molecule is C=CCN=c1scc(-c2ccc(C)cc2)n1/N=C/C1CCCCN1. The van der Waals surface area contributed by atoms with Gasteiger partial charge in [0.25, 0.3) is 0 Å². The summed E-state index contributed by atoms with van der Waals surface area (Å²) < 4.78 is 1.95. The molecule has 1 saturated heterocycles. The van der Waals surface area contributed by atoms with Gasteiger partial charge in [0.2, 0.25) is 4.80 Å². The molecule has 4 nitrogen and oxygen atoms in total. The van der Waals surface area contributed by atoms with Crippen molar-refractivity contribution in [2.75, 3.05) is 13.1 Å². The van der Waals surface area contributed by atoms with E-state index in [0.717, 1.165) is 29.0 Å². The van der Waals surface area contributed by atoms with E-state index >= 15 is 0 Å². The van der Waals surface area contributed by atoms with Crippen LogP contribution in [-0.4, -0.2) is 30.0 Å². The Bertz CT molecular complexity index is 761. The predicted octanol–water partition coefficient (Wildman–Crippen LogP) is 3.59. The number of rotatable bonds is 5. The standard InChI is InChI=1S/C19H24N4S/c1-3-11-21-19-23(22-13-17-6-4-5-12-20-17)18(14-24-19)16-9-7-15(2)8-10-16/h3,7-10,13-14,17,20H,1,4-6,11-12H2,2H3/b21-19?,22-13+. The van der Waals surface area contributed by atoms with Gasteiger partial charge < -0.3 is 5.32 Å². The topological polar surface area (TPSA) is 41.7 Å². The molecule has 1 atom stereocenters. The first kappa shape index (κ1) is 16.9. The number of aromatic nitrogens is 1. The maximum Gasteiger partial charge on any atom is 0.206 e. The van der Waals surface area contributed by atoms with Crippen LogP contribution in [0.2, 0.25) is 0 Å². The Morgan fingerprint density at radius 2 is 2.17 bits per heavy atom. The number of nitrogens with zero attached hydrogens (tertiary/aromatic N) is 3. The third-order valence-electron chi connectivity index (χ3n) is 4.10. The molecular formula is C19H24N4S. The minimum atomic E-state index is 0.351. The van der Waals surface area contributed by atoms with Crippen molar-refractivity contribution in [3.8, 4) is 11.3 Å². The molecule has 1 aliphatic heterocycles. The quantitative estimate of drug-likeness (QED) is 0.656. The van der Waals surface area contributed by atoms with E-state index < -0.39 is 0 Å². The summed E-state index contributed by atoms with van der Waals surface area (Å²) in [5, 5.41) is 10.4. The molecule has 1 aromatic carbocycles. The number of thiazole rings is 1. The van der Waals surface area contributed by atoms with Crippen molar-refractivity contribution in [1.82, 2.24) is 9.99 Å². The third kappa shape index (κ3) is 4.10. The molecule has 0 amide bonds. The smallest absolute Gasteiger partial charge is 0.206 e. The molecule has 1 unspecified atom stereocenters. The Hall–Kier alpha value is -1.98. The summed E-state index contributed by atoms with van der Waals surface area (Å²) in [5.41, 5.74) is 3.49. The van der Waals surface area contributed by atoms with E-state index in [-0.39, 0.29) is 0 Å². The zero-order chi connectivity index (χ0) is 16.8. The molecule has 126 valence electrons. The lowest BCUT2D eigenvalue weighted by molar-refractivity contribution is 0.475. The normalized spacial score (nSPS) is 19.0. The summed E-state index contributed by atoms with van der Waals surface area (Å²) in [5.74, 6) is 0. The van der Waals surface area contributed by atoms with Gasteiger partial charge in [0.05, 0.1) is 12.2 Å². The monoisotopic (exact) mass is 340 g/mol. The summed E-state index contributed by atoms with van der Waals surface area (Å²) in [6.07, 6.45) is 7.49. The highest BCUT2D eigenvalue weighted by Gasteiger charge is 2.11. The van der Waals surface area contributed by atoms with Gasteiger partial charge in [0.15, 0.2) is 0 Å². The van der Waals surface area contributed by atoms with Crippen LogP contribution in [0.15, 0.2) is 52.4 Å². The van der Waals surface area contributed by atoms with Crippen molar-refractivity contribution in [1.29, 1.82) is 0 Å². The lowest BCUT2D eigenvalue weighted by Gasteiger charge is -2.19. The maximum absolute atomic E-state index is 4.75. The van der Waals surface area contributed by atoms with E-state index in [1.165, 1.54) is 18.4 Å². The van der Waals surface area contributed by atoms with Crippen LogP contribution < -0.4 is 10.1 Å². The van der Waals surface area contributed by atoms with Crippen LogP contribution in [0.1, 0.15) is 24.8 Å². The molecule has 0 spiro atoms. The first-order chi connectivity index (χ1) is 11.8. The number of piperidine rings is 1. The molecule has 1 aromatic heterocycles. The molecule has 2 heterocycles. The van der Waals surface area contributed by atoms with E-state index in [0.29, 0.717) is 12.6 Å². The van der Waals surface area contributed by atoms with E-state index in [9.17, 15) is 0 Å². The highest BCUT2D eigenvalue weighted by Crippen LogP contribution is 2.20. The van der Waals surface area contributed by atoms with Gasteiger partial charge in [0.1, 0.15) is 0 Å². The minimum Gasteiger partial charge on any atom is -0.309 e. The highest BCUT2D eigenvalue weighted by atomic mass is 32.1. The van der Waals surface area contributed by atoms with Gasteiger partial charge in [-0.2, -0.15) is 5.10 Å². The van der Waals surface area contributed by atoms with Gasteiger partial charge in [-0.05, 0) is 26.3 Å². The molecular weight excluding hydrogens is 316 g/mol. The van der Waals surface area contributed by atoms with Crippen LogP contribution in [0, 0.1) is 6.92 Å². The summed E-state index contributed by atoms with van der Waals surface area (Å²) in [7, 11) is 0. The van der Waals surface area contributed by atoms with Crippen molar-refractivity contribution >= 4 is 17.6 Å². The second kappa shape index (κ2) is 8.22. The summed E-state index contributed by atoms with van der Waals surface area (Å²) >= 11 is 1.62. The fourth-order valence-corrected chi connectivity index (χ4v) is 3.59. The second-order valence-corrected chi connectivity index (χ2v) is 6.87. The average molecular weight is 340 g/mol. The van der Waals surface area contributed by atoms with Crippen LogP contribution in [-0.2, 0) is 0 Å². The molecule has 1 fully saturated rings. The molecule has 5 heteroatoms. The molecule has 0 radical (unpaired) electrons. The van der Waals surface area contributed by atoms with Gasteiger partial charge in [-0.1, -0.05) is 42.3 Å². The van der Waals surface area contributed by atoms with Crippen molar-refractivity contribution < 1.29 is 0 Å². The molecule has 1 N–H and O–H groups in total. The zero-order valence-corrected chi connectivity index (χ0v) is 14.9. The lowest BCUT2D eigenvalue weighted by atomic mass is 10.1. The second-order valence-electron chi connectivity index (χ2n) is 6.03. The van der Waals surface area contributed by atoms with Gasteiger partial charge in [-0.25, -0.2) is 4.68 Å². The number of hydrogen-bond donors (Lipinski definition) is 1. The van der Waals surface area contributed by atoms with Crippen LogP contribution in [0.4, 0.5) is 0 Å². The first-order valence-corrected chi connectivity index (χ1v) is 9.33. The summed E-state index contributed by atoms with van der Waals surface area (Å²) in [4.78, 5) is 5.48. The number of aryl methyl sites for hydroxylation is 1. The van der Waals surface area contributed by atoms with Crippen molar-refractivity contribution in [2.45, 2.75) is 32.2 Å². The Morgan fingerprint density at radius 3 is 2.88 bits per heavy atom. The Labute approximate surface area is 147 Å². The van der Waals surface area contributed by atoms with Gasteiger partial charge >= 0.3 is 0 Å². The number of hydrogen-bond acceptors (Lipinski definition) is 4. The summed E-state index contributed by atoms with van der Waals surface area (Å²) in [6, 6.07) is 8.89. The van der Waals surface area contributed by atoms with Gasteiger partial charge in [0, 0.05) is 23.2 Å². The number of nitrogens with one attached hydrogen (secondary N) is 1. The lowest BCUT2D eigenvalue weighted by Crippen LogP contribution is -2.35. The van der Waals surface area contributed by atoms with Crippen molar-refractivity contribution in [3.63, 3.8) is 0 Å². The highest BCUT2D eigenvalue weighted by molar-refractivity contribution is 7.07. The molecule has 1 aliphatic rings. The fourth-order valence-electron chi connectivity index (χ4n) is 2.74. The Balaban J connectivity index is 1.96. The minimum absolute atomic E-state index is 0.351.